The van der Waals surface area contributed by atoms with Crippen LogP contribution in [0, 0.1) is 0 Å². The molecule has 8 heteroatoms. The van der Waals surface area contributed by atoms with Crippen molar-refractivity contribution >= 4 is 22.5 Å². The maximum absolute atomic E-state index is 12.9. The summed E-state index contributed by atoms with van der Waals surface area (Å²) in [5.74, 6) is 0.169. The number of carbonyl (C=O) groups is 1. The van der Waals surface area contributed by atoms with Gasteiger partial charge in [-0.15, -0.1) is 0 Å². The molecule has 3 aromatic rings. The van der Waals surface area contributed by atoms with E-state index in [2.05, 4.69) is 15.7 Å². The number of alkyl halides is 3. The highest BCUT2D eigenvalue weighted by Crippen LogP contribution is 2.42. The molecule has 5 nitrogen and oxygen atoms in total. The number of hydrogen-bond donors (Lipinski definition) is 2. The molecule has 1 fully saturated rings. The molecule has 0 unspecified atom stereocenters. The molecule has 1 heterocycles. The van der Waals surface area contributed by atoms with Gasteiger partial charge in [0.2, 0.25) is 0 Å². The molecule has 4 rings (SSSR count). The van der Waals surface area contributed by atoms with E-state index in [0.29, 0.717) is 30.9 Å². The van der Waals surface area contributed by atoms with Crippen LogP contribution in [0.5, 0.6) is 0 Å². The van der Waals surface area contributed by atoms with E-state index in [1.807, 2.05) is 42.5 Å². The molecule has 0 spiro atoms. The molecule has 0 saturated heterocycles. The number of urea groups is 1. The molecule has 152 valence electrons. The van der Waals surface area contributed by atoms with Crippen molar-refractivity contribution in [3.05, 3.63) is 59.9 Å². The number of aromatic nitrogens is 2. The normalized spacial score (nSPS) is 14.2. The van der Waals surface area contributed by atoms with Gasteiger partial charge in [-0.05, 0) is 48.2 Å². The van der Waals surface area contributed by atoms with Gasteiger partial charge in [0.05, 0.1) is 0 Å². The SMILES string of the molecule is O=C(NCCCn1nc(C(F)(F)F)cc1C1CC1)Nc1ccc2ccccc2c1. The Kier molecular flexibility index (Phi) is 5.17. The molecule has 0 atom stereocenters. The number of anilines is 1. The summed E-state index contributed by atoms with van der Waals surface area (Å²) in [7, 11) is 0. The first-order valence-electron chi connectivity index (χ1n) is 9.59. The van der Waals surface area contributed by atoms with E-state index in [0.717, 1.165) is 29.7 Å². The van der Waals surface area contributed by atoms with Crippen LogP contribution < -0.4 is 10.6 Å². The number of rotatable bonds is 6. The Morgan fingerprint density at radius 3 is 2.59 bits per heavy atom. The van der Waals surface area contributed by atoms with Crippen LogP contribution in [-0.2, 0) is 12.7 Å². The van der Waals surface area contributed by atoms with E-state index in [1.54, 1.807) is 0 Å². The van der Waals surface area contributed by atoms with Gasteiger partial charge < -0.3 is 10.6 Å². The topological polar surface area (TPSA) is 59.0 Å². The largest absolute Gasteiger partial charge is 0.435 e. The molecule has 29 heavy (non-hydrogen) atoms. The predicted molar refractivity (Wildman–Crippen MR) is 105 cm³/mol. The standard InChI is InChI=1S/C21H21F3N4O/c22-21(23,24)19-13-18(15-6-7-15)28(27-19)11-3-10-25-20(29)26-17-9-8-14-4-1-2-5-16(14)12-17/h1-2,4-5,8-9,12-13,15H,3,6-7,10-11H2,(H2,25,26,29). The Balaban J connectivity index is 1.29. The van der Waals surface area contributed by atoms with Gasteiger partial charge in [-0.25, -0.2) is 4.79 Å². The lowest BCUT2D eigenvalue weighted by Gasteiger charge is -2.10. The number of nitrogens with zero attached hydrogens (tertiary/aromatic N) is 2. The molecule has 2 aromatic carbocycles. The molecule has 0 bridgehead atoms. The number of fused-ring (bicyclic) bond motifs is 1. The van der Waals surface area contributed by atoms with Crippen molar-refractivity contribution in [3.8, 4) is 0 Å². The van der Waals surface area contributed by atoms with E-state index < -0.39 is 11.9 Å². The highest BCUT2D eigenvalue weighted by atomic mass is 19.4. The molecule has 1 saturated carbocycles. The van der Waals surface area contributed by atoms with Crippen LogP contribution in [0.15, 0.2) is 48.5 Å². The van der Waals surface area contributed by atoms with E-state index >= 15 is 0 Å². The first-order chi connectivity index (χ1) is 13.9. The number of nitrogens with one attached hydrogen (secondary N) is 2. The molecule has 2 amide bonds. The average Bonchev–Trinajstić information content (AvgIpc) is 3.43. The number of halogens is 3. The highest BCUT2D eigenvalue weighted by molar-refractivity contribution is 5.93. The van der Waals surface area contributed by atoms with E-state index in [9.17, 15) is 18.0 Å². The van der Waals surface area contributed by atoms with Gasteiger partial charge in [0.25, 0.3) is 0 Å². The fourth-order valence-corrected chi connectivity index (χ4v) is 3.33. The van der Waals surface area contributed by atoms with Crippen molar-refractivity contribution in [1.82, 2.24) is 15.1 Å². The Labute approximate surface area is 165 Å². The Hall–Kier alpha value is -3.03. The van der Waals surface area contributed by atoms with Gasteiger partial charge in [0.1, 0.15) is 0 Å². The number of benzene rings is 2. The zero-order chi connectivity index (χ0) is 20.4. The van der Waals surface area contributed by atoms with E-state index in [1.165, 1.54) is 4.68 Å². The second-order valence-corrected chi connectivity index (χ2v) is 7.25. The van der Waals surface area contributed by atoms with Gasteiger partial charge in [-0.2, -0.15) is 18.3 Å². The third kappa shape index (κ3) is 4.70. The summed E-state index contributed by atoms with van der Waals surface area (Å²) in [5.41, 5.74) is 0.471. The van der Waals surface area contributed by atoms with E-state index in [-0.39, 0.29) is 11.9 Å². The summed E-state index contributed by atoms with van der Waals surface area (Å²) in [6.45, 7) is 0.670. The fourth-order valence-electron chi connectivity index (χ4n) is 3.33. The lowest BCUT2D eigenvalue weighted by Crippen LogP contribution is -2.30. The van der Waals surface area contributed by atoms with Gasteiger partial charge in [-0.1, -0.05) is 30.3 Å². The molecular formula is C21H21F3N4O. The minimum absolute atomic E-state index is 0.169. The Morgan fingerprint density at radius 1 is 1.10 bits per heavy atom. The maximum atomic E-state index is 12.9. The number of aryl methyl sites for hydroxylation is 1. The summed E-state index contributed by atoms with van der Waals surface area (Å²) in [4.78, 5) is 12.1. The third-order valence-electron chi connectivity index (χ3n) is 4.94. The van der Waals surface area contributed by atoms with Crippen LogP contribution in [0.3, 0.4) is 0 Å². The smallest absolute Gasteiger partial charge is 0.338 e. The summed E-state index contributed by atoms with van der Waals surface area (Å²) in [6.07, 6.45) is -2.15. The van der Waals surface area contributed by atoms with E-state index in [4.69, 9.17) is 0 Å². The van der Waals surface area contributed by atoms with Crippen LogP contribution in [0.2, 0.25) is 0 Å². The van der Waals surface area contributed by atoms with Crippen molar-refractivity contribution in [1.29, 1.82) is 0 Å². The summed E-state index contributed by atoms with van der Waals surface area (Å²) in [5, 5.41) is 11.3. The van der Waals surface area contributed by atoms with Crippen LogP contribution in [0.1, 0.15) is 36.6 Å². The second-order valence-electron chi connectivity index (χ2n) is 7.25. The molecule has 0 radical (unpaired) electrons. The summed E-state index contributed by atoms with van der Waals surface area (Å²) in [6, 6.07) is 14.3. The summed E-state index contributed by atoms with van der Waals surface area (Å²) < 4.78 is 40.2. The van der Waals surface area contributed by atoms with Gasteiger partial charge >= 0.3 is 12.2 Å². The third-order valence-corrected chi connectivity index (χ3v) is 4.94. The van der Waals surface area contributed by atoms with Crippen LogP contribution in [0.4, 0.5) is 23.7 Å². The minimum Gasteiger partial charge on any atom is -0.338 e. The number of carbonyl (C=O) groups excluding carboxylic acids is 1. The highest BCUT2D eigenvalue weighted by Gasteiger charge is 2.37. The zero-order valence-electron chi connectivity index (χ0n) is 15.7. The minimum atomic E-state index is -4.44. The molecule has 2 N–H and O–H groups in total. The van der Waals surface area contributed by atoms with Crippen LogP contribution in [0.25, 0.3) is 10.8 Å². The van der Waals surface area contributed by atoms with Crippen LogP contribution >= 0.6 is 0 Å². The molecule has 1 aliphatic rings. The molecule has 1 aliphatic carbocycles. The fraction of sp³-hybridized carbons (Fsp3) is 0.333. The number of amides is 2. The zero-order valence-corrected chi connectivity index (χ0v) is 15.7. The second kappa shape index (κ2) is 7.77. The average molecular weight is 402 g/mol. The lowest BCUT2D eigenvalue weighted by molar-refractivity contribution is -0.141. The first kappa shape index (κ1) is 19.3. The van der Waals surface area contributed by atoms with Gasteiger partial charge in [0, 0.05) is 30.4 Å². The monoisotopic (exact) mass is 402 g/mol. The Morgan fingerprint density at radius 2 is 1.86 bits per heavy atom. The molecule has 1 aromatic heterocycles. The van der Waals surface area contributed by atoms with Crippen molar-refractivity contribution in [3.63, 3.8) is 0 Å². The van der Waals surface area contributed by atoms with Crippen molar-refractivity contribution in [2.75, 3.05) is 11.9 Å². The van der Waals surface area contributed by atoms with Crippen molar-refractivity contribution in [2.45, 2.75) is 37.9 Å². The van der Waals surface area contributed by atoms with Crippen molar-refractivity contribution < 1.29 is 18.0 Å². The number of hydrogen-bond acceptors (Lipinski definition) is 2. The first-order valence-corrected chi connectivity index (χ1v) is 9.59. The lowest BCUT2D eigenvalue weighted by atomic mass is 10.1. The van der Waals surface area contributed by atoms with Gasteiger partial charge in [0.15, 0.2) is 5.69 Å². The quantitative estimate of drug-likeness (QED) is 0.561. The molecule has 0 aliphatic heterocycles. The maximum Gasteiger partial charge on any atom is 0.435 e. The molecular weight excluding hydrogens is 381 g/mol. The van der Waals surface area contributed by atoms with Crippen molar-refractivity contribution in [2.24, 2.45) is 0 Å². The predicted octanol–water partition coefficient (Wildman–Crippen LogP) is 5.14. The Bertz CT molecular complexity index is 1020. The van der Waals surface area contributed by atoms with Crippen LogP contribution in [-0.4, -0.2) is 22.4 Å². The summed E-state index contributed by atoms with van der Waals surface area (Å²) >= 11 is 0. The van der Waals surface area contributed by atoms with Gasteiger partial charge in [-0.3, -0.25) is 4.68 Å².